The molecule has 27 heavy (non-hydrogen) atoms. The van der Waals surface area contributed by atoms with Crippen LogP contribution in [0.4, 0.5) is 0 Å². The zero-order valence-corrected chi connectivity index (χ0v) is 16.3. The van der Waals surface area contributed by atoms with Crippen LogP contribution in [0.5, 0.6) is 0 Å². The maximum atomic E-state index is 12.9. The Labute approximate surface area is 161 Å². The molecule has 1 saturated heterocycles. The third-order valence-electron chi connectivity index (χ3n) is 5.21. The van der Waals surface area contributed by atoms with Crippen LogP contribution in [0.1, 0.15) is 46.9 Å². The first-order chi connectivity index (χ1) is 13.1. The second kappa shape index (κ2) is 9.15. The van der Waals surface area contributed by atoms with Crippen molar-refractivity contribution in [2.75, 3.05) is 33.7 Å². The van der Waals surface area contributed by atoms with Crippen LogP contribution in [-0.4, -0.2) is 64.1 Å². The molecular weight excluding hydrogens is 340 g/mol. The molecule has 1 N–H and O–H groups in total. The molecular formula is C21H30N4O2. The summed E-state index contributed by atoms with van der Waals surface area (Å²) >= 11 is 0. The number of piperidine rings is 1. The Morgan fingerprint density at radius 1 is 1.30 bits per heavy atom. The van der Waals surface area contributed by atoms with Gasteiger partial charge in [0.1, 0.15) is 5.82 Å². The number of likely N-dealkylation sites (tertiary alicyclic amines) is 1. The zero-order valence-electron chi connectivity index (χ0n) is 16.3. The molecule has 1 aromatic carbocycles. The summed E-state index contributed by atoms with van der Waals surface area (Å²) in [4.78, 5) is 21.6. The Balaban J connectivity index is 1.65. The van der Waals surface area contributed by atoms with Crippen molar-refractivity contribution in [1.29, 1.82) is 0 Å². The van der Waals surface area contributed by atoms with E-state index in [1.165, 1.54) is 0 Å². The van der Waals surface area contributed by atoms with Crippen molar-refractivity contribution in [3.05, 3.63) is 53.6 Å². The van der Waals surface area contributed by atoms with E-state index in [-0.39, 0.29) is 18.4 Å². The van der Waals surface area contributed by atoms with Crippen molar-refractivity contribution in [2.45, 2.75) is 38.3 Å². The van der Waals surface area contributed by atoms with Crippen molar-refractivity contribution in [2.24, 2.45) is 0 Å². The van der Waals surface area contributed by atoms with E-state index in [0.29, 0.717) is 12.1 Å². The highest BCUT2D eigenvalue weighted by Crippen LogP contribution is 2.27. The lowest BCUT2D eigenvalue weighted by molar-refractivity contribution is 0.0703. The molecule has 2 heterocycles. The molecule has 1 atom stereocenters. The highest BCUT2D eigenvalue weighted by Gasteiger charge is 2.28. The summed E-state index contributed by atoms with van der Waals surface area (Å²) < 4.78 is 2.25. The molecule has 1 aromatic heterocycles. The lowest BCUT2D eigenvalue weighted by atomic mass is 9.96. The molecule has 3 rings (SSSR count). The Morgan fingerprint density at radius 2 is 2.07 bits per heavy atom. The highest BCUT2D eigenvalue weighted by molar-refractivity contribution is 5.94. The maximum absolute atomic E-state index is 12.9. The largest absolute Gasteiger partial charge is 0.392 e. The van der Waals surface area contributed by atoms with Crippen molar-refractivity contribution in [1.82, 2.24) is 19.4 Å². The molecule has 1 fully saturated rings. The number of carbonyl (C=O) groups excluding carboxylic acids is 1. The van der Waals surface area contributed by atoms with E-state index in [0.717, 1.165) is 50.3 Å². The number of aliphatic hydroxyl groups excluding tert-OH is 1. The van der Waals surface area contributed by atoms with Crippen molar-refractivity contribution < 1.29 is 9.90 Å². The van der Waals surface area contributed by atoms with Gasteiger partial charge in [0, 0.05) is 43.5 Å². The van der Waals surface area contributed by atoms with Gasteiger partial charge in [-0.2, -0.15) is 0 Å². The number of aryl methyl sites for hydroxylation is 1. The highest BCUT2D eigenvalue weighted by atomic mass is 16.3. The smallest absolute Gasteiger partial charge is 0.253 e. The molecule has 146 valence electrons. The minimum atomic E-state index is -0.00323. The lowest BCUT2D eigenvalue weighted by Crippen LogP contribution is -2.39. The van der Waals surface area contributed by atoms with Gasteiger partial charge in [0.15, 0.2) is 0 Å². The second-order valence-corrected chi connectivity index (χ2v) is 7.58. The summed E-state index contributed by atoms with van der Waals surface area (Å²) in [6, 6.07) is 7.23. The summed E-state index contributed by atoms with van der Waals surface area (Å²) in [6.45, 7) is 3.51. The second-order valence-electron chi connectivity index (χ2n) is 7.58. The average molecular weight is 370 g/mol. The Hall–Kier alpha value is -2.18. The first kappa shape index (κ1) is 19.6. The number of hydrogen-bond donors (Lipinski definition) is 1. The van der Waals surface area contributed by atoms with Gasteiger partial charge in [0.05, 0.1) is 6.61 Å². The Bertz CT molecular complexity index is 739. The summed E-state index contributed by atoms with van der Waals surface area (Å²) in [7, 11) is 4.18. The number of benzene rings is 1. The SMILES string of the molecule is CN(C)CCCn1ccnc1[C@@H]1CCCN(C(=O)c2ccc(CO)cc2)C1. The van der Waals surface area contributed by atoms with Gasteiger partial charge in [-0.1, -0.05) is 12.1 Å². The van der Waals surface area contributed by atoms with Crippen molar-refractivity contribution in [3.63, 3.8) is 0 Å². The number of nitrogens with zero attached hydrogens (tertiary/aromatic N) is 4. The van der Waals surface area contributed by atoms with Gasteiger partial charge in [-0.25, -0.2) is 4.98 Å². The number of aromatic nitrogens is 2. The summed E-state index contributed by atoms with van der Waals surface area (Å²) in [6.07, 6.45) is 7.08. The van der Waals surface area contributed by atoms with E-state index in [4.69, 9.17) is 5.11 Å². The average Bonchev–Trinajstić information content (AvgIpc) is 3.16. The fourth-order valence-corrected chi connectivity index (χ4v) is 3.73. The third-order valence-corrected chi connectivity index (χ3v) is 5.21. The zero-order chi connectivity index (χ0) is 19.2. The number of imidazole rings is 1. The van der Waals surface area contributed by atoms with Crippen LogP contribution < -0.4 is 0 Å². The van der Waals surface area contributed by atoms with Gasteiger partial charge in [-0.3, -0.25) is 4.79 Å². The first-order valence-corrected chi connectivity index (χ1v) is 9.73. The van der Waals surface area contributed by atoms with Gasteiger partial charge < -0.3 is 19.5 Å². The molecule has 0 radical (unpaired) electrons. The number of amides is 1. The monoisotopic (exact) mass is 370 g/mol. The quantitative estimate of drug-likeness (QED) is 0.813. The third kappa shape index (κ3) is 4.96. The predicted molar refractivity (Wildman–Crippen MR) is 106 cm³/mol. The molecule has 1 amide bonds. The van der Waals surface area contributed by atoms with Gasteiger partial charge >= 0.3 is 0 Å². The Morgan fingerprint density at radius 3 is 2.78 bits per heavy atom. The van der Waals surface area contributed by atoms with Crippen molar-refractivity contribution in [3.8, 4) is 0 Å². The van der Waals surface area contributed by atoms with Gasteiger partial charge in [0.2, 0.25) is 0 Å². The number of aliphatic hydroxyl groups is 1. The number of carbonyl (C=O) groups is 1. The van der Waals surface area contributed by atoms with E-state index >= 15 is 0 Å². The molecule has 1 aliphatic rings. The minimum Gasteiger partial charge on any atom is -0.392 e. The fraction of sp³-hybridized carbons (Fsp3) is 0.524. The normalized spacial score (nSPS) is 17.5. The molecule has 0 aliphatic carbocycles. The maximum Gasteiger partial charge on any atom is 0.253 e. The van der Waals surface area contributed by atoms with Crippen LogP contribution >= 0.6 is 0 Å². The summed E-state index contributed by atoms with van der Waals surface area (Å²) in [5, 5.41) is 9.17. The minimum absolute atomic E-state index is 0.00323. The van der Waals surface area contributed by atoms with Crippen molar-refractivity contribution >= 4 is 5.91 Å². The van der Waals surface area contributed by atoms with Gasteiger partial charge in [0.25, 0.3) is 5.91 Å². The van der Waals surface area contributed by atoms with E-state index < -0.39 is 0 Å². The van der Waals surface area contributed by atoms with Crippen LogP contribution in [-0.2, 0) is 13.2 Å². The topological polar surface area (TPSA) is 61.6 Å². The predicted octanol–water partition coefficient (Wildman–Crippen LogP) is 2.35. The molecule has 0 unspecified atom stereocenters. The van der Waals surface area contributed by atoms with E-state index in [9.17, 15) is 4.79 Å². The lowest BCUT2D eigenvalue weighted by Gasteiger charge is -2.33. The molecule has 6 nitrogen and oxygen atoms in total. The Kier molecular flexibility index (Phi) is 6.63. The summed E-state index contributed by atoms with van der Waals surface area (Å²) in [5.41, 5.74) is 1.50. The fourth-order valence-electron chi connectivity index (χ4n) is 3.73. The molecule has 0 bridgehead atoms. The van der Waals surface area contributed by atoms with Crippen LogP contribution in [0.3, 0.4) is 0 Å². The molecule has 1 aliphatic heterocycles. The summed E-state index contributed by atoms with van der Waals surface area (Å²) in [5.74, 6) is 1.45. The van der Waals surface area contributed by atoms with Crippen LogP contribution in [0.15, 0.2) is 36.7 Å². The molecule has 0 saturated carbocycles. The van der Waals surface area contributed by atoms with Crippen LogP contribution in [0.2, 0.25) is 0 Å². The molecule has 6 heteroatoms. The van der Waals surface area contributed by atoms with Gasteiger partial charge in [-0.05, 0) is 57.6 Å². The molecule has 0 spiro atoms. The first-order valence-electron chi connectivity index (χ1n) is 9.73. The van der Waals surface area contributed by atoms with E-state index in [2.05, 4.69) is 34.7 Å². The van der Waals surface area contributed by atoms with E-state index in [1.54, 1.807) is 12.1 Å². The van der Waals surface area contributed by atoms with E-state index in [1.807, 2.05) is 23.2 Å². The van der Waals surface area contributed by atoms with Crippen LogP contribution in [0, 0.1) is 0 Å². The van der Waals surface area contributed by atoms with Gasteiger partial charge in [-0.15, -0.1) is 0 Å². The molecule has 2 aromatic rings. The number of hydrogen-bond acceptors (Lipinski definition) is 4. The number of rotatable bonds is 7. The standard InChI is InChI=1S/C21H30N4O2/c1-23(2)11-4-13-24-14-10-22-20(24)19-5-3-12-25(15-19)21(27)18-8-6-17(16-26)7-9-18/h6-10,14,19,26H,3-5,11-13,15-16H2,1-2H3/t19-/m1/s1. The van der Waals surface area contributed by atoms with Crippen LogP contribution in [0.25, 0.3) is 0 Å².